The summed E-state index contributed by atoms with van der Waals surface area (Å²) in [6, 6.07) is 7.39. The molecule has 0 unspecified atom stereocenters. The monoisotopic (exact) mass is 435 g/mol. The van der Waals surface area contributed by atoms with Gasteiger partial charge in [0, 0.05) is 42.5 Å². The lowest BCUT2D eigenvalue weighted by atomic mass is 9.86. The molecule has 2 aromatic rings. The van der Waals surface area contributed by atoms with Crippen molar-refractivity contribution >= 4 is 23.2 Å². The molecule has 0 radical (unpaired) electrons. The van der Waals surface area contributed by atoms with E-state index >= 15 is 0 Å². The van der Waals surface area contributed by atoms with Crippen LogP contribution in [0.2, 0.25) is 0 Å². The Morgan fingerprint density at radius 2 is 1.84 bits per heavy atom. The third-order valence-electron chi connectivity index (χ3n) is 6.00. The average molecular weight is 435 g/mol. The number of rotatable bonds is 4. The molecule has 1 saturated heterocycles. The maximum Gasteiger partial charge on any atom is 0.416 e. The van der Waals surface area contributed by atoms with Crippen LogP contribution < -0.4 is 15.5 Å². The summed E-state index contributed by atoms with van der Waals surface area (Å²) in [5.41, 5.74) is 5.44. The lowest BCUT2D eigenvalue weighted by molar-refractivity contribution is -0.137. The summed E-state index contributed by atoms with van der Waals surface area (Å²) in [5.74, 6) is -1.67. The topological polar surface area (TPSA) is 66.6 Å². The SMILES string of the molecule is CC1(C)C(=O)N(CC2CN(c3cc(F)cc(C(F)(F)F)c3)C2)c2cc(C(N)=O)ccc21. The number of hydrogen-bond donors (Lipinski definition) is 1. The molecule has 2 N–H and O–H groups in total. The molecule has 0 saturated carbocycles. The van der Waals surface area contributed by atoms with Crippen LogP contribution in [-0.2, 0) is 16.4 Å². The minimum Gasteiger partial charge on any atom is -0.371 e. The number of alkyl halides is 3. The molecule has 2 heterocycles. The number of benzene rings is 2. The van der Waals surface area contributed by atoms with Gasteiger partial charge in [-0.3, -0.25) is 9.59 Å². The summed E-state index contributed by atoms with van der Waals surface area (Å²) in [7, 11) is 0. The van der Waals surface area contributed by atoms with Crippen LogP contribution in [0.3, 0.4) is 0 Å². The van der Waals surface area contributed by atoms with Crippen molar-refractivity contribution in [1.29, 1.82) is 0 Å². The first-order valence-electron chi connectivity index (χ1n) is 9.77. The number of nitrogens with two attached hydrogens (primary N) is 1. The molecule has 0 aliphatic carbocycles. The molecule has 0 atom stereocenters. The van der Waals surface area contributed by atoms with Gasteiger partial charge in [-0.1, -0.05) is 6.07 Å². The number of carbonyl (C=O) groups excluding carboxylic acids is 2. The van der Waals surface area contributed by atoms with Crippen LogP contribution >= 0.6 is 0 Å². The Kier molecular flexibility index (Phi) is 4.75. The van der Waals surface area contributed by atoms with Crippen LogP contribution in [0, 0.1) is 11.7 Å². The first-order chi connectivity index (χ1) is 14.4. The van der Waals surface area contributed by atoms with Gasteiger partial charge in [0.1, 0.15) is 5.82 Å². The summed E-state index contributed by atoms with van der Waals surface area (Å²) < 4.78 is 52.6. The first-order valence-corrected chi connectivity index (χ1v) is 9.77. The van der Waals surface area contributed by atoms with Crippen molar-refractivity contribution in [3.05, 3.63) is 58.9 Å². The third kappa shape index (κ3) is 3.62. The van der Waals surface area contributed by atoms with Gasteiger partial charge in [0.05, 0.1) is 11.0 Å². The number of nitrogens with zero attached hydrogens (tertiary/aromatic N) is 2. The highest BCUT2D eigenvalue weighted by Gasteiger charge is 2.45. The number of primary amides is 1. The lowest BCUT2D eigenvalue weighted by Gasteiger charge is -2.43. The van der Waals surface area contributed by atoms with Crippen molar-refractivity contribution in [3.8, 4) is 0 Å². The van der Waals surface area contributed by atoms with Crippen molar-refractivity contribution in [2.75, 3.05) is 29.4 Å². The Morgan fingerprint density at radius 3 is 2.45 bits per heavy atom. The zero-order valence-electron chi connectivity index (χ0n) is 17.0. The summed E-state index contributed by atoms with van der Waals surface area (Å²) in [6.45, 7) is 4.72. The van der Waals surface area contributed by atoms with Crippen LogP contribution in [0.1, 0.15) is 35.3 Å². The Hall–Kier alpha value is -3.10. The number of fused-ring (bicyclic) bond motifs is 1. The van der Waals surface area contributed by atoms with E-state index in [1.165, 1.54) is 0 Å². The molecule has 31 heavy (non-hydrogen) atoms. The zero-order valence-corrected chi connectivity index (χ0v) is 17.0. The maximum atomic E-state index is 13.7. The Balaban J connectivity index is 1.52. The van der Waals surface area contributed by atoms with Gasteiger partial charge in [0.25, 0.3) is 0 Å². The summed E-state index contributed by atoms with van der Waals surface area (Å²) in [5, 5.41) is 0. The number of halogens is 4. The second kappa shape index (κ2) is 6.96. The molecule has 9 heteroatoms. The second-order valence-corrected chi connectivity index (χ2v) is 8.60. The largest absolute Gasteiger partial charge is 0.416 e. The maximum absolute atomic E-state index is 13.7. The van der Waals surface area contributed by atoms with E-state index in [2.05, 4.69) is 0 Å². The molecule has 4 rings (SSSR count). The molecule has 0 aromatic heterocycles. The average Bonchev–Trinajstić information content (AvgIpc) is 2.82. The Labute approximate surface area is 176 Å². The van der Waals surface area contributed by atoms with Gasteiger partial charge in [-0.05, 0) is 49.7 Å². The van der Waals surface area contributed by atoms with Crippen LogP contribution in [0.4, 0.5) is 28.9 Å². The Bertz CT molecular complexity index is 1070. The normalized spacial score (nSPS) is 18.2. The second-order valence-electron chi connectivity index (χ2n) is 8.60. The smallest absolute Gasteiger partial charge is 0.371 e. The summed E-state index contributed by atoms with van der Waals surface area (Å²) >= 11 is 0. The van der Waals surface area contributed by atoms with Crippen LogP contribution in [0.5, 0.6) is 0 Å². The zero-order chi connectivity index (χ0) is 22.7. The van der Waals surface area contributed by atoms with E-state index in [1.807, 2.05) is 0 Å². The van der Waals surface area contributed by atoms with E-state index in [0.717, 1.165) is 17.7 Å². The van der Waals surface area contributed by atoms with Gasteiger partial charge < -0.3 is 15.5 Å². The molecule has 2 aliphatic heterocycles. The third-order valence-corrected chi connectivity index (χ3v) is 6.00. The molecule has 5 nitrogen and oxygen atoms in total. The quantitative estimate of drug-likeness (QED) is 0.745. The molecular formula is C22H21F4N3O2. The molecule has 164 valence electrons. The number of amides is 2. The van der Waals surface area contributed by atoms with Crippen molar-refractivity contribution in [2.24, 2.45) is 11.7 Å². The lowest BCUT2D eigenvalue weighted by Crippen LogP contribution is -2.53. The van der Waals surface area contributed by atoms with Gasteiger partial charge in [0.15, 0.2) is 0 Å². The molecule has 2 aromatic carbocycles. The fourth-order valence-corrected chi connectivity index (χ4v) is 4.25. The van der Waals surface area contributed by atoms with Crippen LogP contribution in [-0.4, -0.2) is 31.4 Å². The predicted molar refractivity (Wildman–Crippen MR) is 107 cm³/mol. The van der Waals surface area contributed by atoms with Gasteiger partial charge in [-0.15, -0.1) is 0 Å². The van der Waals surface area contributed by atoms with E-state index in [1.54, 1.807) is 41.8 Å². The van der Waals surface area contributed by atoms with E-state index in [0.29, 0.717) is 37.0 Å². The van der Waals surface area contributed by atoms with Crippen molar-refractivity contribution in [2.45, 2.75) is 25.4 Å². The van der Waals surface area contributed by atoms with E-state index < -0.39 is 28.9 Å². The van der Waals surface area contributed by atoms with E-state index in [9.17, 15) is 27.2 Å². The van der Waals surface area contributed by atoms with E-state index in [-0.39, 0.29) is 17.5 Å². The van der Waals surface area contributed by atoms with Crippen molar-refractivity contribution < 1.29 is 27.2 Å². The van der Waals surface area contributed by atoms with Crippen LogP contribution in [0.25, 0.3) is 0 Å². The van der Waals surface area contributed by atoms with Crippen molar-refractivity contribution in [1.82, 2.24) is 0 Å². The first kappa shape index (κ1) is 21.1. The van der Waals surface area contributed by atoms with Gasteiger partial charge in [-0.25, -0.2) is 4.39 Å². The minimum absolute atomic E-state index is 0.0134. The fraction of sp³-hybridized carbons (Fsp3) is 0.364. The number of carbonyl (C=O) groups is 2. The highest BCUT2D eigenvalue weighted by molar-refractivity contribution is 6.09. The molecule has 1 fully saturated rings. The molecule has 2 amide bonds. The van der Waals surface area contributed by atoms with Gasteiger partial charge in [0.2, 0.25) is 11.8 Å². The van der Waals surface area contributed by atoms with Crippen LogP contribution in [0.15, 0.2) is 36.4 Å². The summed E-state index contributed by atoms with van der Waals surface area (Å²) in [6.07, 6.45) is -4.63. The van der Waals surface area contributed by atoms with Gasteiger partial charge in [-0.2, -0.15) is 13.2 Å². The van der Waals surface area contributed by atoms with E-state index in [4.69, 9.17) is 5.73 Å². The highest BCUT2D eigenvalue weighted by Crippen LogP contribution is 2.43. The standard InChI is InChI=1S/C22H21F4N3O2/c1-21(2)17-4-3-13(19(27)30)5-18(17)29(20(21)31)11-12-9-28(10-12)16-7-14(22(24,25)26)6-15(23)8-16/h3-8,12H,9-11H2,1-2H3,(H2,27,30). The number of anilines is 2. The summed E-state index contributed by atoms with van der Waals surface area (Å²) in [4.78, 5) is 27.8. The Morgan fingerprint density at radius 1 is 1.16 bits per heavy atom. The molecular weight excluding hydrogens is 414 g/mol. The fourth-order valence-electron chi connectivity index (χ4n) is 4.25. The van der Waals surface area contributed by atoms with Crippen molar-refractivity contribution in [3.63, 3.8) is 0 Å². The minimum atomic E-state index is -4.63. The molecule has 2 aliphatic rings. The predicted octanol–water partition coefficient (Wildman–Crippen LogP) is 3.70. The highest BCUT2D eigenvalue weighted by atomic mass is 19.4. The molecule has 0 spiro atoms. The van der Waals surface area contributed by atoms with Gasteiger partial charge >= 0.3 is 6.18 Å². The number of hydrogen-bond acceptors (Lipinski definition) is 3. The molecule has 0 bridgehead atoms.